The average Bonchev–Trinajstić information content (AvgIpc) is 2.48. The Morgan fingerprint density at radius 3 is 2.30 bits per heavy atom. The minimum Gasteiger partial charge on any atom is -0.494 e. The maximum absolute atomic E-state index is 12.3. The van der Waals surface area contributed by atoms with Crippen LogP contribution >= 0.6 is 0 Å². The zero-order valence-corrected chi connectivity index (χ0v) is 12.2. The van der Waals surface area contributed by atoms with Gasteiger partial charge in [0.05, 0.1) is 20.1 Å². The Morgan fingerprint density at radius 2 is 1.80 bits per heavy atom. The van der Waals surface area contributed by atoms with E-state index in [0.29, 0.717) is 25.3 Å². The highest BCUT2D eigenvalue weighted by Gasteiger charge is 2.15. The van der Waals surface area contributed by atoms with Crippen LogP contribution in [0.3, 0.4) is 0 Å². The summed E-state index contributed by atoms with van der Waals surface area (Å²) in [5, 5.41) is 0. The molecule has 0 saturated carbocycles. The zero-order valence-electron chi connectivity index (χ0n) is 12.2. The van der Waals surface area contributed by atoms with Gasteiger partial charge in [-0.3, -0.25) is 9.59 Å². The molecule has 0 fully saturated rings. The first kappa shape index (κ1) is 16.0. The van der Waals surface area contributed by atoms with Gasteiger partial charge in [-0.2, -0.15) is 0 Å². The molecule has 0 bridgehead atoms. The highest BCUT2D eigenvalue weighted by atomic mass is 16.5. The first-order valence-corrected chi connectivity index (χ1v) is 6.71. The number of esters is 1. The summed E-state index contributed by atoms with van der Waals surface area (Å²) in [5.41, 5.74) is 0.583. The minimum absolute atomic E-state index is 0.0977. The third kappa shape index (κ3) is 4.57. The van der Waals surface area contributed by atoms with Gasteiger partial charge < -0.3 is 14.4 Å². The second kappa shape index (κ2) is 8.19. The highest BCUT2D eigenvalue weighted by Crippen LogP contribution is 2.14. The molecule has 5 heteroatoms. The Hall–Kier alpha value is -2.04. The van der Waals surface area contributed by atoms with Crippen LogP contribution in [0.5, 0.6) is 5.75 Å². The second-order valence-corrected chi connectivity index (χ2v) is 4.17. The second-order valence-electron chi connectivity index (χ2n) is 4.17. The molecule has 0 unspecified atom stereocenters. The number of rotatable bonds is 7. The van der Waals surface area contributed by atoms with Crippen LogP contribution in [0.1, 0.15) is 30.6 Å². The molecule has 0 radical (unpaired) electrons. The monoisotopic (exact) mass is 279 g/mol. The number of carbonyl (C=O) groups is 2. The largest absolute Gasteiger partial charge is 0.494 e. The molecule has 1 rings (SSSR count). The Morgan fingerprint density at radius 1 is 1.15 bits per heavy atom. The smallest absolute Gasteiger partial charge is 0.307 e. The van der Waals surface area contributed by atoms with Crippen LogP contribution in [0, 0.1) is 0 Å². The van der Waals surface area contributed by atoms with Gasteiger partial charge in [0.15, 0.2) is 0 Å². The lowest BCUT2D eigenvalue weighted by Gasteiger charge is -2.20. The van der Waals surface area contributed by atoms with E-state index in [9.17, 15) is 9.59 Å². The molecule has 1 aromatic rings. The molecular formula is C15H21NO4. The molecule has 0 aromatic heterocycles. The van der Waals surface area contributed by atoms with Gasteiger partial charge in [0.2, 0.25) is 0 Å². The SMILES string of the molecule is CCOc1ccc(C(=O)N(CC)CCC(=O)OC)cc1. The van der Waals surface area contributed by atoms with E-state index in [0.717, 1.165) is 5.75 Å². The summed E-state index contributed by atoms with van der Waals surface area (Å²) >= 11 is 0. The van der Waals surface area contributed by atoms with Gasteiger partial charge in [0, 0.05) is 18.7 Å². The molecule has 5 nitrogen and oxygen atoms in total. The van der Waals surface area contributed by atoms with E-state index in [1.54, 1.807) is 29.2 Å². The number of carbonyl (C=O) groups excluding carboxylic acids is 2. The highest BCUT2D eigenvalue weighted by molar-refractivity contribution is 5.94. The number of ether oxygens (including phenoxy) is 2. The van der Waals surface area contributed by atoms with Crippen LogP contribution in [-0.2, 0) is 9.53 Å². The first-order chi connectivity index (χ1) is 9.62. The predicted octanol–water partition coefficient (Wildman–Crippen LogP) is 2.11. The lowest BCUT2D eigenvalue weighted by atomic mass is 10.2. The molecule has 0 spiro atoms. The van der Waals surface area contributed by atoms with E-state index < -0.39 is 0 Å². The summed E-state index contributed by atoms with van der Waals surface area (Å²) in [6.07, 6.45) is 0.201. The number of methoxy groups -OCH3 is 1. The number of benzene rings is 1. The number of amides is 1. The van der Waals surface area contributed by atoms with E-state index in [1.807, 2.05) is 13.8 Å². The molecule has 20 heavy (non-hydrogen) atoms. The number of hydrogen-bond donors (Lipinski definition) is 0. The van der Waals surface area contributed by atoms with E-state index in [-0.39, 0.29) is 18.3 Å². The van der Waals surface area contributed by atoms with Gasteiger partial charge in [-0.15, -0.1) is 0 Å². The van der Waals surface area contributed by atoms with E-state index in [1.165, 1.54) is 7.11 Å². The normalized spacial score (nSPS) is 9.95. The van der Waals surface area contributed by atoms with Crippen molar-refractivity contribution >= 4 is 11.9 Å². The molecule has 0 aliphatic heterocycles. The zero-order chi connectivity index (χ0) is 15.0. The standard InChI is InChI=1S/C15H21NO4/c1-4-16(11-10-14(17)19-3)15(18)12-6-8-13(9-7-12)20-5-2/h6-9H,4-5,10-11H2,1-3H3. The van der Waals surface area contributed by atoms with Crippen LogP contribution in [0.4, 0.5) is 0 Å². The van der Waals surface area contributed by atoms with Crippen molar-refractivity contribution < 1.29 is 19.1 Å². The lowest BCUT2D eigenvalue weighted by Crippen LogP contribution is -2.33. The van der Waals surface area contributed by atoms with Crippen molar-refractivity contribution in [2.45, 2.75) is 20.3 Å². The van der Waals surface area contributed by atoms with Crippen molar-refractivity contribution in [3.05, 3.63) is 29.8 Å². The van der Waals surface area contributed by atoms with Gasteiger partial charge in [0.1, 0.15) is 5.75 Å². The lowest BCUT2D eigenvalue weighted by molar-refractivity contribution is -0.140. The van der Waals surface area contributed by atoms with Crippen molar-refractivity contribution in [1.29, 1.82) is 0 Å². The Bertz CT molecular complexity index is 442. The van der Waals surface area contributed by atoms with Crippen molar-refractivity contribution in [3.8, 4) is 5.75 Å². The topological polar surface area (TPSA) is 55.8 Å². The maximum Gasteiger partial charge on any atom is 0.307 e. The quantitative estimate of drug-likeness (QED) is 0.717. The van der Waals surface area contributed by atoms with Crippen molar-refractivity contribution in [2.24, 2.45) is 0 Å². The van der Waals surface area contributed by atoms with Crippen molar-refractivity contribution in [1.82, 2.24) is 4.90 Å². The third-order valence-corrected chi connectivity index (χ3v) is 2.89. The Kier molecular flexibility index (Phi) is 6.56. The van der Waals surface area contributed by atoms with E-state index in [2.05, 4.69) is 4.74 Å². The Labute approximate surface area is 119 Å². The van der Waals surface area contributed by atoms with Crippen LogP contribution in [0.15, 0.2) is 24.3 Å². The van der Waals surface area contributed by atoms with Gasteiger partial charge >= 0.3 is 5.97 Å². The first-order valence-electron chi connectivity index (χ1n) is 6.71. The average molecular weight is 279 g/mol. The maximum atomic E-state index is 12.3. The van der Waals surface area contributed by atoms with Crippen molar-refractivity contribution in [3.63, 3.8) is 0 Å². The van der Waals surface area contributed by atoms with Crippen LogP contribution in [0.2, 0.25) is 0 Å². The van der Waals surface area contributed by atoms with Crippen molar-refractivity contribution in [2.75, 3.05) is 26.8 Å². The van der Waals surface area contributed by atoms with E-state index in [4.69, 9.17) is 4.74 Å². The molecule has 0 N–H and O–H groups in total. The van der Waals surface area contributed by atoms with Gasteiger partial charge in [-0.25, -0.2) is 0 Å². The summed E-state index contributed by atoms with van der Waals surface area (Å²) < 4.78 is 9.91. The summed E-state index contributed by atoms with van der Waals surface area (Å²) in [4.78, 5) is 25.0. The summed E-state index contributed by atoms with van der Waals surface area (Å²) in [5.74, 6) is 0.323. The molecular weight excluding hydrogens is 258 g/mol. The van der Waals surface area contributed by atoms with E-state index >= 15 is 0 Å². The predicted molar refractivity (Wildman–Crippen MR) is 75.8 cm³/mol. The van der Waals surface area contributed by atoms with Crippen LogP contribution < -0.4 is 4.74 Å². The molecule has 1 amide bonds. The van der Waals surface area contributed by atoms with Crippen LogP contribution in [0.25, 0.3) is 0 Å². The summed E-state index contributed by atoms with van der Waals surface area (Å²) in [6.45, 7) is 5.28. The Balaban J connectivity index is 2.67. The van der Waals surface area contributed by atoms with Gasteiger partial charge in [0.25, 0.3) is 5.91 Å². The minimum atomic E-state index is -0.317. The summed E-state index contributed by atoms with van der Waals surface area (Å²) in [6, 6.07) is 7.00. The fourth-order valence-corrected chi connectivity index (χ4v) is 1.77. The molecule has 0 aliphatic rings. The third-order valence-electron chi connectivity index (χ3n) is 2.89. The molecule has 1 aromatic carbocycles. The molecule has 110 valence electrons. The number of hydrogen-bond acceptors (Lipinski definition) is 4. The molecule has 0 atom stereocenters. The molecule has 0 saturated heterocycles. The van der Waals surface area contributed by atoms with Gasteiger partial charge in [-0.1, -0.05) is 0 Å². The fraction of sp³-hybridized carbons (Fsp3) is 0.467. The van der Waals surface area contributed by atoms with Gasteiger partial charge in [-0.05, 0) is 38.1 Å². The summed E-state index contributed by atoms with van der Waals surface area (Å²) in [7, 11) is 1.34. The van der Waals surface area contributed by atoms with Crippen LogP contribution in [-0.4, -0.2) is 43.6 Å². The molecule has 0 aliphatic carbocycles. The fourth-order valence-electron chi connectivity index (χ4n) is 1.77. The molecule has 0 heterocycles. The number of nitrogens with zero attached hydrogens (tertiary/aromatic N) is 1.